The van der Waals surface area contributed by atoms with Crippen molar-refractivity contribution in [3.63, 3.8) is 0 Å². The van der Waals surface area contributed by atoms with Gasteiger partial charge >= 0.3 is 5.97 Å². The number of hydrogen-bond acceptors (Lipinski definition) is 7. The zero-order chi connectivity index (χ0) is 18.9. The summed E-state index contributed by atoms with van der Waals surface area (Å²) in [5.41, 5.74) is 5.94. The highest BCUT2D eigenvalue weighted by Gasteiger charge is 2.21. The minimum Gasteiger partial charge on any atom is -0.481 e. The van der Waals surface area contributed by atoms with Crippen LogP contribution in [0.5, 0.6) is 0 Å². The lowest BCUT2D eigenvalue weighted by molar-refractivity contribution is -0.138. The standard InChI is InChI=1S/C13H12N2O2.C4H11NO3/c1-9(13(16)17)10-5-4-8-15-12(10)11-6-2-3-7-14-11;5-4(1-6,2-7)3-8/h2-9H,1H3,(H,16,17);6-8H,1-3,5H2. The first kappa shape index (κ1) is 20.7. The monoisotopic (exact) mass is 349 g/mol. The van der Waals surface area contributed by atoms with Gasteiger partial charge in [0.05, 0.1) is 42.7 Å². The summed E-state index contributed by atoms with van der Waals surface area (Å²) >= 11 is 0. The molecule has 2 rings (SSSR count). The van der Waals surface area contributed by atoms with Crippen LogP contribution in [0.3, 0.4) is 0 Å². The van der Waals surface area contributed by atoms with E-state index in [2.05, 4.69) is 9.97 Å². The van der Waals surface area contributed by atoms with Crippen LogP contribution in [-0.4, -0.2) is 61.7 Å². The van der Waals surface area contributed by atoms with Gasteiger partial charge in [0.15, 0.2) is 0 Å². The van der Waals surface area contributed by atoms with E-state index in [9.17, 15) is 4.79 Å². The summed E-state index contributed by atoms with van der Waals surface area (Å²) in [6, 6.07) is 9.00. The summed E-state index contributed by atoms with van der Waals surface area (Å²) < 4.78 is 0. The fourth-order valence-electron chi connectivity index (χ4n) is 1.77. The number of aliphatic carboxylic acids is 1. The second kappa shape index (κ2) is 9.80. The third kappa shape index (κ3) is 5.87. The number of pyridine rings is 2. The molecule has 0 radical (unpaired) electrons. The summed E-state index contributed by atoms with van der Waals surface area (Å²) in [6.07, 6.45) is 3.31. The van der Waals surface area contributed by atoms with Crippen LogP contribution in [-0.2, 0) is 4.79 Å². The van der Waals surface area contributed by atoms with Crippen molar-refractivity contribution in [2.45, 2.75) is 18.4 Å². The molecule has 136 valence electrons. The minimum atomic E-state index is -1.21. The molecule has 0 saturated carbocycles. The zero-order valence-corrected chi connectivity index (χ0v) is 13.9. The number of carboxylic acids is 1. The van der Waals surface area contributed by atoms with Crippen molar-refractivity contribution in [2.24, 2.45) is 5.73 Å². The molecule has 6 N–H and O–H groups in total. The number of carbonyl (C=O) groups is 1. The zero-order valence-electron chi connectivity index (χ0n) is 13.9. The van der Waals surface area contributed by atoms with Gasteiger partial charge in [-0.15, -0.1) is 0 Å². The maximum Gasteiger partial charge on any atom is 0.310 e. The van der Waals surface area contributed by atoms with Crippen LogP contribution in [0.4, 0.5) is 0 Å². The van der Waals surface area contributed by atoms with E-state index in [1.165, 1.54) is 0 Å². The molecule has 0 aliphatic carbocycles. The predicted molar refractivity (Wildman–Crippen MR) is 91.7 cm³/mol. The van der Waals surface area contributed by atoms with Gasteiger partial charge in [-0.05, 0) is 30.7 Å². The molecule has 0 saturated heterocycles. The van der Waals surface area contributed by atoms with Crippen molar-refractivity contribution >= 4 is 5.97 Å². The molecule has 25 heavy (non-hydrogen) atoms. The molecule has 1 atom stereocenters. The lowest BCUT2D eigenvalue weighted by atomic mass is 9.98. The molecular formula is C17H23N3O5. The van der Waals surface area contributed by atoms with Crippen LogP contribution in [0.25, 0.3) is 11.4 Å². The maximum atomic E-state index is 11.0. The Morgan fingerprint density at radius 2 is 1.68 bits per heavy atom. The fourth-order valence-corrected chi connectivity index (χ4v) is 1.77. The normalized spacial score (nSPS) is 12.0. The number of aliphatic hydroxyl groups is 3. The van der Waals surface area contributed by atoms with Crippen molar-refractivity contribution in [1.29, 1.82) is 0 Å². The molecule has 0 aromatic carbocycles. The van der Waals surface area contributed by atoms with Gasteiger partial charge in [0, 0.05) is 12.4 Å². The van der Waals surface area contributed by atoms with Crippen molar-refractivity contribution in [1.82, 2.24) is 9.97 Å². The first-order valence-electron chi connectivity index (χ1n) is 7.59. The number of aromatic nitrogens is 2. The van der Waals surface area contributed by atoms with Gasteiger partial charge in [-0.25, -0.2) is 0 Å². The van der Waals surface area contributed by atoms with E-state index in [0.717, 1.165) is 0 Å². The van der Waals surface area contributed by atoms with Crippen LogP contribution >= 0.6 is 0 Å². The molecule has 0 fully saturated rings. The molecule has 1 unspecified atom stereocenters. The number of rotatable bonds is 6. The predicted octanol–water partition coefficient (Wildman–Crippen LogP) is -0.00750. The van der Waals surface area contributed by atoms with E-state index in [1.807, 2.05) is 18.2 Å². The summed E-state index contributed by atoms with van der Waals surface area (Å²) in [7, 11) is 0. The molecule has 2 aromatic rings. The van der Waals surface area contributed by atoms with E-state index in [4.69, 9.17) is 26.2 Å². The van der Waals surface area contributed by atoms with Gasteiger partial charge in [-0.2, -0.15) is 0 Å². The van der Waals surface area contributed by atoms with Crippen molar-refractivity contribution in [2.75, 3.05) is 19.8 Å². The van der Waals surface area contributed by atoms with Gasteiger partial charge in [0.2, 0.25) is 0 Å². The van der Waals surface area contributed by atoms with E-state index >= 15 is 0 Å². The molecule has 0 spiro atoms. The number of hydrogen-bond donors (Lipinski definition) is 5. The Labute approximate surface area is 145 Å². The Balaban J connectivity index is 0.000000333. The van der Waals surface area contributed by atoms with E-state index < -0.39 is 37.2 Å². The van der Waals surface area contributed by atoms with Gasteiger partial charge in [0.25, 0.3) is 0 Å². The maximum absolute atomic E-state index is 11.0. The van der Waals surface area contributed by atoms with Crippen LogP contribution in [0.15, 0.2) is 42.7 Å². The molecule has 2 aromatic heterocycles. The Bertz CT molecular complexity index is 654. The van der Waals surface area contributed by atoms with E-state index in [1.54, 1.807) is 31.5 Å². The minimum absolute atomic E-state index is 0.403. The SMILES string of the molecule is CC(C(=O)O)c1cccnc1-c1ccccn1.NC(CO)(CO)CO. The smallest absolute Gasteiger partial charge is 0.310 e. The highest BCUT2D eigenvalue weighted by molar-refractivity contribution is 5.78. The summed E-state index contributed by atoms with van der Waals surface area (Å²) in [6.45, 7) is 0.436. The molecule has 0 amide bonds. The number of carboxylic acid groups (broad SMARTS) is 1. The quantitative estimate of drug-likeness (QED) is 0.489. The molecule has 2 heterocycles. The second-order valence-corrected chi connectivity index (χ2v) is 5.55. The molecular weight excluding hydrogens is 326 g/mol. The Hall–Kier alpha value is -2.39. The average Bonchev–Trinajstić information content (AvgIpc) is 2.68. The topological polar surface area (TPSA) is 150 Å². The Kier molecular flexibility index (Phi) is 8.09. The van der Waals surface area contributed by atoms with Gasteiger partial charge in [-0.1, -0.05) is 12.1 Å². The number of nitrogens with zero attached hydrogens (tertiary/aromatic N) is 2. The first-order valence-corrected chi connectivity index (χ1v) is 7.59. The third-order valence-electron chi connectivity index (χ3n) is 3.53. The van der Waals surface area contributed by atoms with E-state index in [-0.39, 0.29) is 0 Å². The van der Waals surface area contributed by atoms with Crippen LogP contribution in [0, 0.1) is 0 Å². The molecule has 8 heteroatoms. The first-order chi connectivity index (χ1) is 11.9. The number of aliphatic hydroxyl groups excluding tert-OH is 3. The highest BCUT2D eigenvalue weighted by atomic mass is 16.4. The molecule has 8 nitrogen and oxygen atoms in total. The fraction of sp³-hybridized carbons (Fsp3) is 0.353. The van der Waals surface area contributed by atoms with Crippen molar-refractivity contribution in [3.05, 3.63) is 48.3 Å². The van der Waals surface area contributed by atoms with Gasteiger partial charge in [-0.3, -0.25) is 14.8 Å². The summed E-state index contributed by atoms with van der Waals surface area (Å²) in [4.78, 5) is 19.5. The summed E-state index contributed by atoms with van der Waals surface area (Å²) in [5.74, 6) is -1.46. The molecule has 0 aliphatic rings. The largest absolute Gasteiger partial charge is 0.481 e. The molecule has 0 bridgehead atoms. The lowest BCUT2D eigenvalue weighted by Crippen LogP contribution is -2.50. The lowest BCUT2D eigenvalue weighted by Gasteiger charge is -2.20. The Morgan fingerprint density at radius 3 is 2.12 bits per heavy atom. The van der Waals surface area contributed by atoms with Gasteiger partial charge in [0.1, 0.15) is 0 Å². The third-order valence-corrected chi connectivity index (χ3v) is 3.53. The second-order valence-electron chi connectivity index (χ2n) is 5.55. The Morgan fingerprint density at radius 1 is 1.08 bits per heavy atom. The highest BCUT2D eigenvalue weighted by Crippen LogP contribution is 2.25. The van der Waals surface area contributed by atoms with Crippen LogP contribution in [0.1, 0.15) is 18.4 Å². The van der Waals surface area contributed by atoms with E-state index in [0.29, 0.717) is 17.0 Å². The van der Waals surface area contributed by atoms with Crippen molar-refractivity contribution < 1.29 is 25.2 Å². The van der Waals surface area contributed by atoms with Crippen molar-refractivity contribution in [3.8, 4) is 11.4 Å². The van der Waals surface area contributed by atoms with Crippen LogP contribution in [0.2, 0.25) is 0 Å². The average molecular weight is 349 g/mol. The number of nitrogens with two attached hydrogens (primary N) is 1. The van der Waals surface area contributed by atoms with Crippen LogP contribution < -0.4 is 5.73 Å². The molecule has 0 aliphatic heterocycles. The summed E-state index contributed by atoms with van der Waals surface area (Å²) in [5, 5.41) is 34.1. The van der Waals surface area contributed by atoms with Gasteiger partial charge < -0.3 is 26.2 Å².